The van der Waals surface area contributed by atoms with Crippen LogP contribution in [0.2, 0.25) is 0 Å². The zero-order valence-corrected chi connectivity index (χ0v) is 15.4. The molecule has 1 aliphatic rings. The molecule has 1 fully saturated rings. The topological polar surface area (TPSA) is 17.1 Å². The molecular weight excluding hydrogens is 336 g/mol. The molecule has 5 rings (SSSR count). The van der Waals surface area contributed by atoms with E-state index in [0.717, 1.165) is 25.7 Å². The van der Waals surface area contributed by atoms with Gasteiger partial charge in [0.05, 0.1) is 0 Å². The molecule has 1 aliphatic carbocycles. The Labute approximate surface area is 157 Å². The van der Waals surface area contributed by atoms with Gasteiger partial charge in [-0.3, -0.25) is 4.79 Å². The van der Waals surface area contributed by atoms with Crippen LogP contribution in [0.25, 0.3) is 32.3 Å². The lowest BCUT2D eigenvalue weighted by Gasteiger charge is -2.21. The van der Waals surface area contributed by atoms with Crippen molar-refractivity contribution in [2.45, 2.75) is 35.8 Å². The minimum Gasteiger partial charge on any atom is -0.300 e. The Hall–Kier alpha value is -2.32. The SMILES string of the molecule is O=C1CCC(Sc2cccc3cc4cc5ccccc5cc4cc23)CC1. The predicted octanol–water partition coefficient (Wildman–Crippen LogP) is 6.75. The fourth-order valence-electron chi connectivity index (χ4n) is 4.00. The molecule has 2 heteroatoms. The molecule has 0 unspecified atom stereocenters. The van der Waals surface area contributed by atoms with E-state index in [1.807, 2.05) is 11.8 Å². The number of carbonyl (C=O) groups is 1. The second-order valence-corrected chi connectivity index (χ2v) is 8.57. The van der Waals surface area contributed by atoms with Crippen LogP contribution in [-0.2, 0) is 4.79 Å². The van der Waals surface area contributed by atoms with E-state index < -0.39 is 0 Å². The molecule has 4 aromatic rings. The molecule has 0 radical (unpaired) electrons. The van der Waals surface area contributed by atoms with Crippen LogP contribution in [0, 0.1) is 0 Å². The number of rotatable bonds is 2. The van der Waals surface area contributed by atoms with E-state index in [9.17, 15) is 4.79 Å². The van der Waals surface area contributed by atoms with Crippen molar-refractivity contribution in [2.75, 3.05) is 0 Å². The molecule has 0 saturated heterocycles. The van der Waals surface area contributed by atoms with Crippen LogP contribution in [0.5, 0.6) is 0 Å². The Morgan fingerprint density at radius 1 is 0.692 bits per heavy atom. The fourth-order valence-corrected chi connectivity index (χ4v) is 5.29. The quantitative estimate of drug-likeness (QED) is 0.370. The van der Waals surface area contributed by atoms with Crippen molar-refractivity contribution in [2.24, 2.45) is 0 Å². The third-order valence-electron chi connectivity index (χ3n) is 5.45. The Kier molecular flexibility index (Phi) is 3.94. The van der Waals surface area contributed by atoms with Gasteiger partial charge in [0.15, 0.2) is 0 Å². The van der Waals surface area contributed by atoms with Gasteiger partial charge in [-0.15, -0.1) is 11.8 Å². The molecule has 128 valence electrons. The van der Waals surface area contributed by atoms with Crippen molar-refractivity contribution in [3.63, 3.8) is 0 Å². The molecule has 0 atom stereocenters. The highest BCUT2D eigenvalue weighted by Crippen LogP contribution is 2.38. The Balaban J connectivity index is 1.61. The summed E-state index contributed by atoms with van der Waals surface area (Å²) in [7, 11) is 0. The fraction of sp³-hybridized carbons (Fsp3) is 0.208. The van der Waals surface area contributed by atoms with Crippen LogP contribution in [0.4, 0.5) is 0 Å². The minimum absolute atomic E-state index is 0.428. The number of benzene rings is 4. The Morgan fingerprint density at radius 3 is 2.04 bits per heavy atom. The van der Waals surface area contributed by atoms with E-state index >= 15 is 0 Å². The van der Waals surface area contributed by atoms with E-state index in [-0.39, 0.29) is 0 Å². The summed E-state index contributed by atoms with van der Waals surface area (Å²) in [6.45, 7) is 0. The van der Waals surface area contributed by atoms with Gasteiger partial charge in [-0.25, -0.2) is 0 Å². The monoisotopic (exact) mass is 356 g/mol. The average Bonchev–Trinajstić information content (AvgIpc) is 2.67. The van der Waals surface area contributed by atoms with Crippen molar-refractivity contribution in [3.05, 3.63) is 66.7 Å². The molecule has 0 N–H and O–H groups in total. The van der Waals surface area contributed by atoms with Gasteiger partial charge in [0, 0.05) is 23.0 Å². The van der Waals surface area contributed by atoms with E-state index in [2.05, 4.69) is 66.7 Å². The molecule has 0 amide bonds. The first-order valence-corrected chi connectivity index (χ1v) is 10.2. The normalized spacial score (nSPS) is 15.9. The smallest absolute Gasteiger partial charge is 0.132 e. The standard InChI is InChI=1S/C24H20OS/c25-21-8-10-22(11-9-21)26-24-7-3-6-18-14-19-12-16-4-1-2-5-17(16)13-20(19)15-23(18)24/h1-7,12-15,22H,8-11H2. The molecular formula is C24H20OS. The maximum Gasteiger partial charge on any atom is 0.132 e. The molecule has 0 spiro atoms. The van der Waals surface area contributed by atoms with E-state index in [1.54, 1.807) is 0 Å². The molecule has 0 aliphatic heterocycles. The molecule has 0 heterocycles. The van der Waals surface area contributed by atoms with Crippen molar-refractivity contribution in [1.82, 2.24) is 0 Å². The number of hydrogen-bond acceptors (Lipinski definition) is 2. The highest BCUT2D eigenvalue weighted by molar-refractivity contribution is 8.00. The van der Waals surface area contributed by atoms with Crippen molar-refractivity contribution < 1.29 is 4.79 Å². The number of fused-ring (bicyclic) bond motifs is 3. The summed E-state index contributed by atoms with van der Waals surface area (Å²) >= 11 is 1.96. The summed E-state index contributed by atoms with van der Waals surface area (Å²) in [6, 6.07) is 24.4. The largest absolute Gasteiger partial charge is 0.300 e. The number of thioether (sulfide) groups is 1. The number of carbonyl (C=O) groups excluding carboxylic acids is 1. The maximum atomic E-state index is 11.5. The first-order chi connectivity index (χ1) is 12.8. The van der Waals surface area contributed by atoms with Gasteiger partial charge in [-0.05, 0) is 75.5 Å². The average molecular weight is 356 g/mol. The molecule has 0 bridgehead atoms. The second kappa shape index (κ2) is 6.44. The van der Waals surface area contributed by atoms with Crippen molar-refractivity contribution in [3.8, 4) is 0 Å². The zero-order valence-electron chi connectivity index (χ0n) is 14.6. The van der Waals surface area contributed by atoms with Gasteiger partial charge in [-0.2, -0.15) is 0 Å². The predicted molar refractivity (Wildman–Crippen MR) is 112 cm³/mol. The third-order valence-corrected chi connectivity index (χ3v) is 6.86. The zero-order chi connectivity index (χ0) is 17.5. The van der Waals surface area contributed by atoms with Gasteiger partial charge in [0.2, 0.25) is 0 Å². The lowest BCUT2D eigenvalue weighted by atomic mass is 9.99. The minimum atomic E-state index is 0.428. The summed E-state index contributed by atoms with van der Waals surface area (Å²) in [4.78, 5) is 12.9. The number of hydrogen-bond donors (Lipinski definition) is 0. The first-order valence-electron chi connectivity index (χ1n) is 9.30. The number of ketones is 1. The lowest BCUT2D eigenvalue weighted by molar-refractivity contribution is -0.120. The van der Waals surface area contributed by atoms with E-state index in [0.29, 0.717) is 11.0 Å². The van der Waals surface area contributed by atoms with Gasteiger partial charge in [0.1, 0.15) is 5.78 Å². The van der Waals surface area contributed by atoms with E-state index in [4.69, 9.17) is 0 Å². The third kappa shape index (κ3) is 2.89. The Morgan fingerprint density at radius 2 is 1.31 bits per heavy atom. The van der Waals surface area contributed by atoms with Gasteiger partial charge >= 0.3 is 0 Å². The van der Waals surface area contributed by atoms with Gasteiger partial charge in [0.25, 0.3) is 0 Å². The van der Waals surface area contributed by atoms with Crippen LogP contribution in [0.1, 0.15) is 25.7 Å². The summed E-state index contributed by atoms with van der Waals surface area (Å²) in [5, 5.41) is 8.35. The molecule has 1 nitrogen and oxygen atoms in total. The van der Waals surface area contributed by atoms with E-state index in [1.165, 1.54) is 37.2 Å². The Bertz CT molecular complexity index is 1130. The molecule has 4 aromatic carbocycles. The first kappa shape index (κ1) is 15.9. The summed E-state index contributed by atoms with van der Waals surface area (Å²) in [5.74, 6) is 0.428. The summed E-state index contributed by atoms with van der Waals surface area (Å²) in [5.41, 5.74) is 0. The summed E-state index contributed by atoms with van der Waals surface area (Å²) < 4.78 is 0. The van der Waals surface area contributed by atoms with Crippen LogP contribution in [0.3, 0.4) is 0 Å². The highest BCUT2D eigenvalue weighted by Gasteiger charge is 2.20. The molecule has 1 saturated carbocycles. The van der Waals surface area contributed by atoms with Crippen LogP contribution >= 0.6 is 11.8 Å². The summed E-state index contributed by atoms with van der Waals surface area (Å²) in [6.07, 6.45) is 3.52. The van der Waals surface area contributed by atoms with Crippen LogP contribution in [0.15, 0.2) is 71.6 Å². The second-order valence-electron chi connectivity index (χ2n) is 7.23. The van der Waals surface area contributed by atoms with Gasteiger partial charge < -0.3 is 0 Å². The van der Waals surface area contributed by atoms with Crippen molar-refractivity contribution >= 4 is 49.9 Å². The highest BCUT2D eigenvalue weighted by atomic mass is 32.2. The van der Waals surface area contributed by atoms with Crippen LogP contribution in [-0.4, -0.2) is 11.0 Å². The lowest BCUT2D eigenvalue weighted by Crippen LogP contribution is -2.15. The van der Waals surface area contributed by atoms with Gasteiger partial charge in [-0.1, -0.05) is 36.4 Å². The van der Waals surface area contributed by atoms with Crippen molar-refractivity contribution in [1.29, 1.82) is 0 Å². The maximum absolute atomic E-state index is 11.5. The number of Topliss-reactive ketones (excluding diaryl/α,β-unsaturated/α-hetero) is 1. The van der Waals surface area contributed by atoms with Crippen LogP contribution < -0.4 is 0 Å². The molecule has 0 aromatic heterocycles. The molecule has 26 heavy (non-hydrogen) atoms.